The lowest BCUT2D eigenvalue weighted by atomic mass is 10.0. The number of thiophene rings is 1. The predicted molar refractivity (Wildman–Crippen MR) is 146 cm³/mol. The monoisotopic (exact) mass is 585 g/mol. The maximum absolute atomic E-state index is 12.7. The molecule has 2 aromatic carbocycles. The molecule has 190 valence electrons. The summed E-state index contributed by atoms with van der Waals surface area (Å²) in [6.45, 7) is 0. The maximum atomic E-state index is 12.7. The van der Waals surface area contributed by atoms with Crippen LogP contribution in [0.4, 0.5) is 0 Å². The van der Waals surface area contributed by atoms with Crippen LogP contribution in [0.3, 0.4) is 0 Å². The fraction of sp³-hybridized carbons (Fsp3) is 0.208. The molecule has 0 aliphatic rings. The van der Waals surface area contributed by atoms with Crippen LogP contribution in [0.5, 0.6) is 0 Å². The van der Waals surface area contributed by atoms with Gasteiger partial charge in [0.2, 0.25) is 0 Å². The summed E-state index contributed by atoms with van der Waals surface area (Å²) in [7, 11) is -5.24. The van der Waals surface area contributed by atoms with E-state index in [1.807, 2.05) is 5.38 Å². The molecule has 0 atom stereocenters. The molecule has 0 amide bonds. The van der Waals surface area contributed by atoms with Gasteiger partial charge in [0, 0.05) is 39.1 Å². The molecule has 2 heterocycles. The van der Waals surface area contributed by atoms with Gasteiger partial charge in [0.05, 0.1) is 28.8 Å². The minimum atomic E-state index is -3.28. The highest BCUT2D eigenvalue weighted by atomic mass is 35.5. The molecule has 0 bridgehead atoms. The number of nitrogens with one attached hydrogen (secondary N) is 1. The fourth-order valence-electron chi connectivity index (χ4n) is 3.93. The number of hydrogen-bond donors (Lipinski definition) is 1. The molecule has 12 heteroatoms. The molecule has 4 aromatic rings. The maximum Gasteiger partial charge on any atom is 0.355 e. The molecule has 1 N–H and O–H groups in total. The molecule has 36 heavy (non-hydrogen) atoms. The molecule has 0 radical (unpaired) electrons. The summed E-state index contributed by atoms with van der Waals surface area (Å²) in [6, 6.07) is 10.1. The first-order valence-electron chi connectivity index (χ1n) is 10.4. The highest BCUT2D eigenvalue weighted by Gasteiger charge is 2.24. The van der Waals surface area contributed by atoms with E-state index < -0.39 is 25.6 Å². The second-order valence-electron chi connectivity index (χ2n) is 8.47. The van der Waals surface area contributed by atoms with Crippen molar-refractivity contribution < 1.29 is 26.4 Å². The van der Waals surface area contributed by atoms with Crippen molar-refractivity contribution in [2.75, 3.05) is 19.6 Å². The number of hydrogen-bond acceptors (Lipinski definition) is 7. The molecule has 0 saturated heterocycles. The van der Waals surface area contributed by atoms with Gasteiger partial charge in [0.1, 0.15) is 5.69 Å². The predicted octanol–water partition coefficient (Wildman–Crippen LogP) is 5.75. The molecular weight excluding hydrogens is 565 g/mol. The third-order valence-electron chi connectivity index (χ3n) is 5.45. The Hall–Kier alpha value is -2.37. The zero-order chi connectivity index (χ0) is 26.4. The van der Waals surface area contributed by atoms with Crippen LogP contribution in [0.25, 0.3) is 32.5 Å². The molecule has 7 nitrogen and oxygen atoms in total. The summed E-state index contributed by atoms with van der Waals surface area (Å²) >= 11 is 14.2. The van der Waals surface area contributed by atoms with Gasteiger partial charge in [-0.1, -0.05) is 47.5 Å². The Morgan fingerprint density at radius 2 is 1.44 bits per heavy atom. The van der Waals surface area contributed by atoms with Crippen molar-refractivity contribution in [3.05, 3.63) is 68.6 Å². The summed E-state index contributed by atoms with van der Waals surface area (Å²) in [5.74, 6) is -0.935. The number of H-pyrrole nitrogens is 1. The summed E-state index contributed by atoms with van der Waals surface area (Å²) in [4.78, 5) is 15.8. The number of methoxy groups -OCH3 is 1. The standard InChI is InChI=1S/C24H21Cl2NO6S3/c1-33-24(28)22-20(14-5-7-16(19(26)9-14)12-36(3,31)32)23-21(27-22)17(10-34-23)13-4-6-15(18(25)8-13)11-35(2,29)30/h4-10,27H,11-12H2,1-3H3. The molecule has 0 aliphatic heterocycles. The number of rotatable bonds is 7. The first-order valence-corrected chi connectivity index (χ1v) is 16.2. The second kappa shape index (κ2) is 9.83. The van der Waals surface area contributed by atoms with E-state index in [4.69, 9.17) is 27.9 Å². The Kier molecular flexibility index (Phi) is 7.29. The molecule has 0 fully saturated rings. The SMILES string of the molecule is COC(=O)c1[nH]c2c(-c3ccc(CS(C)(=O)=O)c(Cl)c3)csc2c1-c1ccc(CS(C)(=O)=O)c(Cl)c1. The van der Waals surface area contributed by atoms with Gasteiger partial charge in [0.25, 0.3) is 0 Å². The Bertz CT molecular complexity index is 1720. The number of aromatic nitrogens is 1. The number of aromatic amines is 1. The number of carbonyl (C=O) groups is 1. The Morgan fingerprint density at radius 3 is 1.94 bits per heavy atom. The lowest BCUT2D eigenvalue weighted by molar-refractivity contribution is 0.0596. The van der Waals surface area contributed by atoms with Gasteiger partial charge in [-0.15, -0.1) is 11.3 Å². The number of halogens is 2. The Morgan fingerprint density at radius 1 is 0.917 bits per heavy atom. The minimum Gasteiger partial charge on any atom is -0.464 e. The molecule has 4 rings (SSSR count). The van der Waals surface area contributed by atoms with Crippen LogP contribution >= 0.6 is 34.5 Å². The smallest absolute Gasteiger partial charge is 0.355 e. The summed E-state index contributed by atoms with van der Waals surface area (Å²) in [5.41, 5.74) is 4.60. The highest BCUT2D eigenvalue weighted by Crippen LogP contribution is 2.43. The fourth-order valence-corrected chi connectivity index (χ4v) is 7.32. The molecule has 2 aromatic heterocycles. The van der Waals surface area contributed by atoms with Gasteiger partial charge < -0.3 is 9.72 Å². The van der Waals surface area contributed by atoms with E-state index in [1.54, 1.807) is 36.4 Å². The van der Waals surface area contributed by atoms with Crippen LogP contribution < -0.4 is 0 Å². The first-order chi connectivity index (χ1) is 16.8. The number of sulfone groups is 2. The van der Waals surface area contributed by atoms with Crippen LogP contribution in [0.15, 0.2) is 41.8 Å². The van der Waals surface area contributed by atoms with E-state index in [0.29, 0.717) is 32.8 Å². The van der Waals surface area contributed by atoms with Crippen molar-refractivity contribution in [2.24, 2.45) is 0 Å². The normalized spacial score (nSPS) is 12.2. The minimum absolute atomic E-state index is 0.166. The van der Waals surface area contributed by atoms with E-state index in [2.05, 4.69) is 4.98 Å². The number of carbonyl (C=O) groups excluding carboxylic acids is 1. The molecule has 0 saturated carbocycles. The third kappa shape index (κ3) is 5.63. The van der Waals surface area contributed by atoms with Crippen LogP contribution in [-0.4, -0.2) is 47.4 Å². The summed E-state index contributed by atoms with van der Waals surface area (Å²) < 4.78 is 52.5. The van der Waals surface area contributed by atoms with Crippen molar-refractivity contribution in [1.29, 1.82) is 0 Å². The van der Waals surface area contributed by atoms with Gasteiger partial charge >= 0.3 is 5.97 Å². The van der Waals surface area contributed by atoms with Crippen molar-refractivity contribution >= 4 is 70.4 Å². The lowest BCUT2D eigenvalue weighted by Gasteiger charge is -2.08. The topological polar surface area (TPSA) is 110 Å². The van der Waals surface area contributed by atoms with Crippen molar-refractivity contribution in [3.63, 3.8) is 0 Å². The quantitative estimate of drug-likeness (QED) is 0.277. The Balaban J connectivity index is 1.85. The Labute approximate surface area is 222 Å². The molecular formula is C24H21Cl2NO6S3. The van der Waals surface area contributed by atoms with Crippen LogP contribution in [0.1, 0.15) is 21.6 Å². The van der Waals surface area contributed by atoms with Crippen LogP contribution in [-0.2, 0) is 35.9 Å². The third-order valence-corrected chi connectivity index (χ3v) is 8.82. The molecule has 0 aliphatic carbocycles. The molecule has 0 unspecified atom stereocenters. The largest absolute Gasteiger partial charge is 0.464 e. The van der Waals surface area contributed by atoms with E-state index in [0.717, 1.165) is 28.3 Å². The van der Waals surface area contributed by atoms with Crippen molar-refractivity contribution in [1.82, 2.24) is 4.98 Å². The number of fused-ring (bicyclic) bond motifs is 1. The first kappa shape index (κ1) is 26.7. The zero-order valence-electron chi connectivity index (χ0n) is 19.4. The van der Waals surface area contributed by atoms with Gasteiger partial charge in [-0.05, 0) is 34.4 Å². The summed E-state index contributed by atoms with van der Waals surface area (Å²) in [6.07, 6.45) is 2.28. The second-order valence-corrected chi connectivity index (χ2v) is 14.4. The number of ether oxygens (including phenoxy) is 1. The average Bonchev–Trinajstić information content (AvgIpc) is 3.34. The van der Waals surface area contributed by atoms with Gasteiger partial charge in [-0.25, -0.2) is 21.6 Å². The van der Waals surface area contributed by atoms with Crippen molar-refractivity contribution in [3.8, 4) is 22.3 Å². The van der Waals surface area contributed by atoms with E-state index in [1.165, 1.54) is 18.4 Å². The lowest BCUT2D eigenvalue weighted by Crippen LogP contribution is -2.04. The molecule has 0 spiro atoms. The van der Waals surface area contributed by atoms with Gasteiger partial charge in [0.15, 0.2) is 19.7 Å². The van der Waals surface area contributed by atoms with Gasteiger partial charge in [-0.3, -0.25) is 0 Å². The number of benzene rings is 2. The van der Waals surface area contributed by atoms with Crippen LogP contribution in [0, 0.1) is 0 Å². The van der Waals surface area contributed by atoms with E-state index in [-0.39, 0.29) is 22.2 Å². The van der Waals surface area contributed by atoms with Crippen LogP contribution in [0.2, 0.25) is 10.0 Å². The summed E-state index contributed by atoms with van der Waals surface area (Å²) in [5, 5.41) is 2.51. The van der Waals surface area contributed by atoms with Crippen molar-refractivity contribution in [2.45, 2.75) is 11.5 Å². The van der Waals surface area contributed by atoms with Gasteiger partial charge in [-0.2, -0.15) is 0 Å². The van der Waals surface area contributed by atoms with E-state index in [9.17, 15) is 21.6 Å². The zero-order valence-corrected chi connectivity index (χ0v) is 23.3. The number of esters is 1. The average molecular weight is 587 g/mol. The van der Waals surface area contributed by atoms with E-state index >= 15 is 0 Å². The highest BCUT2D eigenvalue weighted by molar-refractivity contribution is 7.90.